The van der Waals surface area contributed by atoms with Crippen LogP contribution in [-0.4, -0.2) is 12.5 Å². The summed E-state index contributed by atoms with van der Waals surface area (Å²) < 4.78 is 5.40. The minimum atomic E-state index is -0.155. The van der Waals surface area contributed by atoms with E-state index >= 15 is 0 Å². The lowest BCUT2D eigenvalue weighted by atomic mass is 10.2. The van der Waals surface area contributed by atoms with Crippen LogP contribution in [0.3, 0.4) is 0 Å². The second-order valence-corrected chi connectivity index (χ2v) is 4.86. The number of rotatable bonds is 6. The number of benzene rings is 2. The van der Waals surface area contributed by atoms with Crippen molar-refractivity contribution in [3.8, 4) is 5.75 Å². The van der Waals surface area contributed by atoms with E-state index in [0.717, 1.165) is 22.6 Å². The van der Waals surface area contributed by atoms with Gasteiger partial charge in [-0.2, -0.15) is 0 Å². The number of nitrogens with one attached hydrogen (secondary N) is 1. The molecule has 0 radical (unpaired) electrons. The lowest BCUT2D eigenvalue weighted by Crippen LogP contribution is -2.07. The maximum atomic E-state index is 11.9. The van der Waals surface area contributed by atoms with Crippen LogP contribution in [0.4, 0.5) is 5.69 Å². The van der Waals surface area contributed by atoms with E-state index in [9.17, 15) is 4.79 Å². The van der Waals surface area contributed by atoms with Crippen LogP contribution in [0.15, 0.2) is 67.3 Å². The first kappa shape index (κ1) is 15.6. The summed E-state index contributed by atoms with van der Waals surface area (Å²) in [6.45, 7) is 6.07. The summed E-state index contributed by atoms with van der Waals surface area (Å²) in [7, 11) is 0. The monoisotopic (exact) mass is 293 g/mol. The summed E-state index contributed by atoms with van der Waals surface area (Å²) in [4.78, 5) is 11.9. The van der Waals surface area contributed by atoms with E-state index in [-0.39, 0.29) is 5.91 Å². The third-order valence-corrected chi connectivity index (χ3v) is 2.96. The molecule has 22 heavy (non-hydrogen) atoms. The molecule has 0 bridgehead atoms. The summed E-state index contributed by atoms with van der Waals surface area (Å²) in [5, 5.41) is 2.83. The Morgan fingerprint density at radius 2 is 2.00 bits per heavy atom. The third-order valence-electron chi connectivity index (χ3n) is 2.96. The van der Waals surface area contributed by atoms with Gasteiger partial charge in [-0.3, -0.25) is 4.79 Å². The van der Waals surface area contributed by atoms with Crippen LogP contribution in [0.2, 0.25) is 0 Å². The summed E-state index contributed by atoms with van der Waals surface area (Å²) >= 11 is 0. The topological polar surface area (TPSA) is 38.3 Å². The van der Waals surface area contributed by atoms with Gasteiger partial charge in [-0.25, -0.2) is 0 Å². The molecule has 0 aliphatic rings. The molecule has 0 unspecified atom stereocenters. The van der Waals surface area contributed by atoms with Gasteiger partial charge in [0.2, 0.25) is 5.91 Å². The summed E-state index contributed by atoms with van der Waals surface area (Å²) in [6, 6.07) is 15.2. The number of carbonyl (C=O) groups is 1. The third kappa shape index (κ3) is 4.94. The number of hydrogen-bond acceptors (Lipinski definition) is 2. The van der Waals surface area contributed by atoms with Gasteiger partial charge in [0.05, 0.1) is 0 Å². The number of amides is 1. The number of ether oxygens (including phenoxy) is 1. The first-order valence-electron chi connectivity index (χ1n) is 7.07. The van der Waals surface area contributed by atoms with Crippen molar-refractivity contribution in [2.24, 2.45) is 0 Å². The SMILES string of the molecule is C=CCOc1ccc(/C=C/C(=O)Nc2cccc(C)c2)cc1. The Hall–Kier alpha value is -2.81. The molecule has 0 aliphatic carbocycles. The molecule has 0 atom stereocenters. The average molecular weight is 293 g/mol. The molecule has 0 saturated carbocycles. The van der Waals surface area contributed by atoms with Crippen LogP contribution < -0.4 is 10.1 Å². The molecule has 2 rings (SSSR count). The molecule has 3 heteroatoms. The lowest BCUT2D eigenvalue weighted by molar-refractivity contribution is -0.111. The van der Waals surface area contributed by atoms with Gasteiger partial charge in [0.25, 0.3) is 0 Å². The lowest BCUT2D eigenvalue weighted by Gasteiger charge is -2.04. The highest BCUT2D eigenvalue weighted by atomic mass is 16.5. The normalized spacial score (nSPS) is 10.4. The van der Waals surface area contributed by atoms with Crippen LogP contribution in [0.25, 0.3) is 6.08 Å². The van der Waals surface area contributed by atoms with Gasteiger partial charge in [-0.1, -0.05) is 36.9 Å². The van der Waals surface area contributed by atoms with Gasteiger partial charge in [-0.05, 0) is 48.4 Å². The molecule has 1 amide bonds. The highest BCUT2D eigenvalue weighted by Gasteiger charge is 1.98. The van der Waals surface area contributed by atoms with E-state index in [4.69, 9.17) is 4.74 Å². The summed E-state index contributed by atoms with van der Waals surface area (Å²) in [5.41, 5.74) is 2.84. The van der Waals surface area contributed by atoms with Gasteiger partial charge in [0.1, 0.15) is 12.4 Å². The van der Waals surface area contributed by atoms with Crippen LogP contribution >= 0.6 is 0 Å². The fraction of sp³-hybridized carbons (Fsp3) is 0.105. The van der Waals surface area contributed by atoms with Crippen LogP contribution in [0.1, 0.15) is 11.1 Å². The van der Waals surface area contributed by atoms with E-state index in [0.29, 0.717) is 6.61 Å². The molecule has 112 valence electrons. The number of aryl methyl sites for hydroxylation is 1. The molecule has 3 nitrogen and oxygen atoms in total. The Labute approximate surface area is 130 Å². The molecule has 0 aromatic heterocycles. The van der Waals surface area contributed by atoms with E-state index < -0.39 is 0 Å². The van der Waals surface area contributed by atoms with E-state index in [1.165, 1.54) is 6.08 Å². The number of carbonyl (C=O) groups excluding carboxylic acids is 1. The maximum Gasteiger partial charge on any atom is 0.248 e. The Balaban J connectivity index is 1.93. The van der Waals surface area contributed by atoms with Gasteiger partial charge in [0.15, 0.2) is 0 Å². The molecule has 2 aromatic rings. The predicted octanol–water partition coefficient (Wildman–Crippen LogP) is 4.21. The first-order valence-corrected chi connectivity index (χ1v) is 7.07. The van der Waals surface area contributed by atoms with Gasteiger partial charge >= 0.3 is 0 Å². The standard InChI is InChI=1S/C19H19NO2/c1-3-13-22-18-10-7-16(8-11-18)9-12-19(21)20-17-6-4-5-15(2)14-17/h3-12,14H,1,13H2,2H3,(H,20,21)/b12-9+. The first-order chi connectivity index (χ1) is 10.7. The van der Waals surface area contributed by atoms with E-state index in [1.807, 2.05) is 55.5 Å². The highest BCUT2D eigenvalue weighted by Crippen LogP contribution is 2.14. The van der Waals surface area contributed by atoms with E-state index in [1.54, 1.807) is 12.2 Å². The van der Waals surface area contributed by atoms with E-state index in [2.05, 4.69) is 11.9 Å². The highest BCUT2D eigenvalue weighted by molar-refractivity contribution is 6.01. The fourth-order valence-corrected chi connectivity index (χ4v) is 1.91. The molecule has 0 heterocycles. The molecule has 0 fully saturated rings. The van der Waals surface area contributed by atoms with Crippen molar-refractivity contribution < 1.29 is 9.53 Å². The molecular formula is C19H19NO2. The van der Waals surface area contributed by atoms with Crippen LogP contribution in [0.5, 0.6) is 5.75 Å². The predicted molar refractivity (Wildman–Crippen MR) is 91.0 cm³/mol. The number of anilines is 1. The fourth-order valence-electron chi connectivity index (χ4n) is 1.91. The Kier molecular flexibility index (Phi) is 5.55. The Morgan fingerprint density at radius 1 is 1.23 bits per heavy atom. The summed E-state index contributed by atoms with van der Waals surface area (Å²) in [6.07, 6.45) is 4.98. The second kappa shape index (κ2) is 7.84. The average Bonchev–Trinajstić information content (AvgIpc) is 2.52. The molecule has 0 saturated heterocycles. The zero-order chi connectivity index (χ0) is 15.8. The molecule has 0 aliphatic heterocycles. The van der Waals surface area contributed by atoms with Gasteiger partial charge in [0, 0.05) is 11.8 Å². The van der Waals surface area contributed by atoms with Crippen molar-refractivity contribution in [3.05, 3.63) is 78.4 Å². The van der Waals surface area contributed by atoms with Crippen molar-refractivity contribution in [3.63, 3.8) is 0 Å². The van der Waals surface area contributed by atoms with Crippen molar-refractivity contribution >= 4 is 17.7 Å². The van der Waals surface area contributed by atoms with Gasteiger partial charge in [-0.15, -0.1) is 0 Å². The Bertz CT molecular complexity index is 672. The zero-order valence-corrected chi connectivity index (χ0v) is 12.6. The minimum Gasteiger partial charge on any atom is -0.490 e. The Morgan fingerprint density at radius 3 is 2.68 bits per heavy atom. The van der Waals surface area contributed by atoms with Crippen molar-refractivity contribution in [2.45, 2.75) is 6.92 Å². The second-order valence-electron chi connectivity index (χ2n) is 4.86. The zero-order valence-electron chi connectivity index (χ0n) is 12.6. The summed E-state index contributed by atoms with van der Waals surface area (Å²) in [5.74, 6) is 0.624. The molecule has 2 aromatic carbocycles. The largest absolute Gasteiger partial charge is 0.490 e. The van der Waals surface area contributed by atoms with Crippen molar-refractivity contribution in [2.75, 3.05) is 11.9 Å². The number of hydrogen-bond donors (Lipinski definition) is 1. The van der Waals surface area contributed by atoms with Crippen molar-refractivity contribution in [1.82, 2.24) is 0 Å². The van der Waals surface area contributed by atoms with Crippen molar-refractivity contribution in [1.29, 1.82) is 0 Å². The molecule has 0 spiro atoms. The van der Waals surface area contributed by atoms with Crippen LogP contribution in [0, 0.1) is 6.92 Å². The van der Waals surface area contributed by atoms with Gasteiger partial charge < -0.3 is 10.1 Å². The molecular weight excluding hydrogens is 274 g/mol. The maximum absolute atomic E-state index is 11.9. The van der Waals surface area contributed by atoms with Crippen LogP contribution in [-0.2, 0) is 4.79 Å². The smallest absolute Gasteiger partial charge is 0.248 e. The minimum absolute atomic E-state index is 0.155. The molecule has 1 N–H and O–H groups in total. The quantitative estimate of drug-likeness (QED) is 0.640.